The second kappa shape index (κ2) is 7.49. The third-order valence-corrected chi connectivity index (χ3v) is 4.39. The summed E-state index contributed by atoms with van der Waals surface area (Å²) in [6, 6.07) is 10.5. The molecule has 2 aromatic heterocycles. The van der Waals surface area contributed by atoms with Gasteiger partial charge in [0.1, 0.15) is 12.2 Å². The van der Waals surface area contributed by atoms with Crippen LogP contribution in [0.2, 0.25) is 0 Å². The molecule has 1 N–H and O–H groups in total. The summed E-state index contributed by atoms with van der Waals surface area (Å²) in [5.41, 5.74) is 2.58. The van der Waals surface area contributed by atoms with Crippen LogP contribution < -0.4 is 5.32 Å². The minimum atomic E-state index is -4.56. The summed E-state index contributed by atoms with van der Waals surface area (Å²) in [4.78, 5) is 12.2. The standard InChI is InChI=1S/C19H20F3N5O/c1-12-9-17(19(20,21)22)26(24-12)11-18(28)23-10-16-13(2)25-27(14(16)3)15-7-5-4-6-8-15/h4-9H,10-11H2,1-3H3,(H,23,28). The van der Waals surface area contributed by atoms with Crippen molar-refractivity contribution in [3.63, 3.8) is 0 Å². The Labute approximate surface area is 160 Å². The molecule has 0 saturated carbocycles. The summed E-state index contributed by atoms with van der Waals surface area (Å²) in [5, 5.41) is 10.9. The van der Waals surface area contributed by atoms with E-state index in [1.807, 2.05) is 44.2 Å². The third kappa shape index (κ3) is 4.08. The van der Waals surface area contributed by atoms with Crippen LogP contribution in [0, 0.1) is 20.8 Å². The Hall–Kier alpha value is -3.10. The number of aryl methyl sites for hydroxylation is 2. The van der Waals surface area contributed by atoms with Crippen molar-refractivity contribution in [1.29, 1.82) is 0 Å². The number of benzene rings is 1. The summed E-state index contributed by atoms with van der Waals surface area (Å²) >= 11 is 0. The van der Waals surface area contributed by atoms with E-state index < -0.39 is 24.3 Å². The molecule has 9 heteroatoms. The van der Waals surface area contributed by atoms with E-state index in [1.165, 1.54) is 6.92 Å². The molecule has 148 valence electrons. The maximum Gasteiger partial charge on any atom is 0.433 e. The fourth-order valence-corrected chi connectivity index (χ4v) is 3.02. The molecule has 0 saturated heterocycles. The fraction of sp³-hybridized carbons (Fsp3) is 0.316. The first-order valence-electron chi connectivity index (χ1n) is 8.65. The molecular weight excluding hydrogens is 371 g/mol. The smallest absolute Gasteiger partial charge is 0.350 e. The second-order valence-corrected chi connectivity index (χ2v) is 6.50. The van der Waals surface area contributed by atoms with Crippen LogP contribution in [0.4, 0.5) is 13.2 Å². The Morgan fingerprint density at radius 2 is 1.79 bits per heavy atom. The largest absolute Gasteiger partial charge is 0.433 e. The number of para-hydroxylation sites is 1. The average Bonchev–Trinajstić information content (AvgIpc) is 3.13. The Kier molecular flexibility index (Phi) is 5.26. The van der Waals surface area contributed by atoms with Crippen LogP contribution in [0.3, 0.4) is 0 Å². The van der Waals surface area contributed by atoms with Gasteiger partial charge in [-0.1, -0.05) is 18.2 Å². The van der Waals surface area contributed by atoms with Gasteiger partial charge in [-0.15, -0.1) is 0 Å². The fourth-order valence-electron chi connectivity index (χ4n) is 3.02. The highest BCUT2D eigenvalue weighted by Crippen LogP contribution is 2.29. The highest BCUT2D eigenvalue weighted by molar-refractivity contribution is 5.75. The van der Waals surface area contributed by atoms with Crippen LogP contribution in [-0.4, -0.2) is 25.5 Å². The zero-order valence-corrected chi connectivity index (χ0v) is 15.7. The number of amides is 1. The van der Waals surface area contributed by atoms with Gasteiger partial charge in [-0.05, 0) is 39.0 Å². The molecular formula is C19H20F3N5O. The summed E-state index contributed by atoms with van der Waals surface area (Å²) in [7, 11) is 0. The minimum absolute atomic E-state index is 0.172. The molecule has 1 amide bonds. The van der Waals surface area contributed by atoms with Gasteiger partial charge in [-0.2, -0.15) is 23.4 Å². The quantitative estimate of drug-likeness (QED) is 0.726. The third-order valence-electron chi connectivity index (χ3n) is 4.39. The number of hydrogen-bond donors (Lipinski definition) is 1. The SMILES string of the molecule is Cc1cc(C(F)(F)F)n(CC(=O)NCc2c(C)nn(-c3ccccc3)c2C)n1. The van der Waals surface area contributed by atoms with Crippen molar-refractivity contribution < 1.29 is 18.0 Å². The van der Waals surface area contributed by atoms with Crippen molar-refractivity contribution in [2.24, 2.45) is 0 Å². The van der Waals surface area contributed by atoms with Gasteiger partial charge < -0.3 is 5.32 Å². The number of rotatable bonds is 5. The molecule has 0 fully saturated rings. The van der Waals surface area contributed by atoms with Crippen LogP contribution in [0.15, 0.2) is 36.4 Å². The molecule has 0 unspecified atom stereocenters. The molecule has 28 heavy (non-hydrogen) atoms. The molecule has 1 aromatic carbocycles. The molecule has 3 aromatic rings. The van der Waals surface area contributed by atoms with Crippen LogP contribution in [-0.2, 0) is 24.1 Å². The second-order valence-electron chi connectivity index (χ2n) is 6.50. The molecule has 2 heterocycles. The van der Waals surface area contributed by atoms with Crippen molar-refractivity contribution >= 4 is 5.91 Å². The van der Waals surface area contributed by atoms with E-state index in [0.717, 1.165) is 28.7 Å². The minimum Gasteiger partial charge on any atom is -0.350 e. The predicted octanol–water partition coefficient (Wildman–Crippen LogP) is 3.33. The van der Waals surface area contributed by atoms with Crippen LogP contribution in [0.1, 0.15) is 28.3 Å². The highest BCUT2D eigenvalue weighted by Gasteiger charge is 2.35. The lowest BCUT2D eigenvalue weighted by Crippen LogP contribution is -2.29. The monoisotopic (exact) mass is 391 g/mol. The lowest BCUT2D eigenvalue weighted by Gasteiger charge is -2.11. The first-order valence-corrected chi connectivity index (χ1v) is 8.65. The molecule has 0 radical (unpaired) electrons. The number of hydrogen-bond acceptors (Lipinski definition) is 3. The summed E-state index contributed by atoms with van der Waals surface area (Å²) in [5.74, 6) is -0.556. The zero-order valence-electron chi connectivity index (χ0n) is 15.7. The molecule has 0 bridgehead atoms. The highest BCUT2D eigenvalue weighted by atomic mass is 19.4. The summed E-state index contributed by atoms with van der Waals surface area (Å²) < 4.78 is 41.5. The molecule has 0 aliphatic rings. The van der Waals surface area contributed by atoms with E-state index in [9.17, 15) is 18.0 Å². The van der Waals surface area contributed by atoms with Gasteiger partial charge in [0.05, 0.1) is 17.1 Å². The molecule has 0 aliphatic carbocycles. The number of carbonyl (C=O) groups excluding carboxylic acids is 1. The van der Waals surface area contributed by atoms with Gasteiger partial charge in [0, 0.05) is 17.8 Å². The van der Waals surface area contributed by atoms with Crippen LogP contribution >= 0.6 is 0 Å². The molecule has 0 spiro atoms. The Morgan fingerprint density at radius 1 is 1.11 bits per heavy atom. The number of alkyl halides is 3. The zero-order chi connectivity index (χ0) is 20.5. The van der Waals surface area contributed by atoms with E-state index in [2.05, 4.69) is 15.5 Å². The van der Waals surface area contributed by atoms with E-state index in [0.29, 0.717) is 4.68 Å². The van der Waals surface area contributed by atoms with E-state index in [1.54, 1.807) is 4.68 Å². The maximum absolute atomic E-state index is 13.0. The van der Waals surface area contributed by atoms with Crippen LogP contribution in [0.5, 0.6) is 0 Å². The number of halogens is 3. The molecule has 3 rings (SSSR count). The van der Waals surface area contributed by atoms with Crippen LogP contribution in [0.25, 0.3) is 5.69 Å². The van der Waals surface area contributed by atoms with Gasteiger partial charge in [-0.3, -0.25) is 9.48 Å². The number of nitrogens with zero attached hydrogens (tertiary/aromatic N) is 4. The van der Waals surface area contributed by atoms with Crippen molar-refractivity contribution in [2.75, 3.05) is 0 Å². The Morgan fingerprint density at radius 3 is 2.43 bits per heavy atom. The number of carbonyl (C=O) groups is 1. The van der Waals surface area contributed by atoms with Gasteiger partial charge in [0.15, 0.2) is 0 Å². The average molecular weight is 391 g/mol. The summed E-state index contributed by atoms with van der Waals surface area (Å²) in [6.07, 6.45) is -4.56. The topological polar surface area (TPSA) is 64.7 Å². The van der Waals surface area contributed by atoms with Gasteiger partial charge >= 0.3 is 6.18 Å². The normalized spacial score (nSPS) is 11.6. The molecule has 6 nitrogen and oxygen atoms in total. The maximum atomic E-state index is 13.0. The first-order chi connectivity index (χ1) is 13.2. The molecule has 0 aliphatic heterocycles. The number of nitrogens with one attached hydrogen (secondary N) is 1. The lowest BCUT2D eigenvalue weighted by atomic mass is 10.2. The Balaban J connectivity index is 1.72. The first kappa shape index (κ1) is 19.7. The van der Waals surface area contributed by atoms with Crippen molar-refractivity contribution in [1.82, 2.24) is 24.9 Å². The van der Waals surface area contributed by atoms with Crippen molar-refractivity contribution in [3.05, 3.63) is 64.7 Å². The summed E-state index contributed by atoms with van der Waals surface area (Å²) in [6.45, 7) is 4.83. The van der Waals surface area contributed by atoms with Gasteiger partial charge in [0.25, 0.3) is 0 Å². The predicted molar refractivity (Wildman–Crippen MR) is 96.9 cm³/mol. The van der Waals surface area contributed by atoms with Gasteiger partial charge in [-0.25, -0.2) is 4.68 Å². The van der Waals surface area contributed by atoms with E-state index in [4.69, 9.17) is 0 Å². The van der Waals surface area contributed by atoms with Crippen molar-refractivity contribution in [2.45, 2.75) is 40.0 Å². The lowest BCUT2D eigenvalue weighted by molar-refractivity contribution is -0.144. The molecule has 0 atom stereocenters. The Bertz CT molecular complexity index is 989. The van der Waals surface area contributed by atoms with Crippen molar-refractivity contribution in [3.8, 4) is 5.69 Å². The van der Waals surface area contributed by atoms with E-state index in [-0.39, 0.29) is 12.2 Å². The van der Waals surface area contributed by atoms with E-state index >= 15 is 0 Å². The number of aromatic nitrogens is 4. The van der Waals surface area contributed by atoms with Gasteiger partial charge in [0.2, 0.25) is 5.91 Å².